The van der Waals surface area contributed by atoms with Gasteiger partial charge in [0.15, 0.2) is 5.75 Å². The highest BCUT2D eigenvalue weighted by atomic mass is 79.9. The molecular weight excluding hydrogens is 534 g/mol. The van der Waals surface area contributed by atoms with Gasteiger partial charge in [0.1, 0.15) is 0 Å². The number of rotatable bonds is 7. The van der Waals surface area contributed by atoms with Crippen LogP contribution in [0.5, 0.6) is 11.6 Å². The number of ether oxygens (including phenoxy) is 1. The van der Waals surface area contributed by atoms with E-state index < -0.39 is 5.97 Å². The zero-order chi connectivity index (χ0) is 24.9. The number of halogens is 2. The predicted octanol–water partition coefficient (Wildman–Crippen LogP) is 5.57. The van der Waals surface area contributed by atoms with Gasteiger partial charge in [-0.15, -0.1) is 0 Å². The molecule has 1 aliphatic rings. The molecule has 0 saturated carbocycles. The second kappa shape index (κ2) is 10.9. The smallest absolute Gasteiger partial charge is 0.307 e. The lowest BCUT2D eigenvalue weighted by Gasteiger charge is -2.34. The summed E-state index contributed by atoms with van der Waals surface area (Å²) in [5, 5.41) is 21.9. The molecular formula is C25H23BrClN5O3. The second-order valence-corrected chi connectivity index (χ2v) is 9.57. The minimum atomic E-state index is -0.834. The maximum atomic E-state index is 11.0. The van der Waals surface area contributed by atoms with Crippen LogP contribution in [0, 0.1) is 18.3 Å². The molecule has 4 rings (SSSR count). The van der Waals surface area contributed by atoms with Gasteiger partial charge in [-0.05, 0) is 71.1 Å². The standard InChI is InChI=1S/C25H23BrClN5O3/c1-15-9-17(13-28)11-21(27)23(15)35-24-20(26)14-29-25(31-24)30-18-5-7-32(8-6-18)19-4-2-3-16(10-19)12-22(33)34/h2-4,9-11,14,18H,5-8,12H2,1H3,(H,33,34)(H,29,30,31). The molecule has 0 spiro atoms. The van der Waals surface area contributed by atoms with E-state index >= 15 is 0 Å². The summed E-state index contributed by atoms with van der Waals surface area (Å²) in [7, 11) is 0. The number of aliphatic carboxylic acids is 1. The fourth-order valence-corrected chi connectivity index (χ4v) is 4.59. The van der Waals surface area contributed by atoms with Crippen LogP contribution < -0.4 is 15.0 Å². The predicted molar refractivity (Wildman–Crippen MR) is 137 cm³/mol. The van der Waals surface area contributed by atoms with Gasteiger partial charge in [0.05, 0.1) is 33.7 Å². The first-order chi connectivity index (χ1) is 16.8. The van der Waals surface area contributed by atoms with Crippen molar-refractivity contribution in [1.29, 1.82) is 5.26 Å². The van der Waals surface area contributed by atoms with Crippen LogP contribution in [-0.2, 0) is 11.2 Å². The van der Waals surface area contributed by atoms with E-state index in [0.29, 0.717) is 32.6 Å². The highest BCUT2D eigenvalue weighted by Gasteiger charge is 2.21. The molecule has 2 heterocycles. The van der Waals surface area contributed by atoms with E-state index in [1.54, 1.807) is 18.3 Å². The number of nitrogens with one attached hydrogen (secondary N) is 1. The van der Waals surface area contributed by atoms with Crippen molar-refractivity contribution in [2.75, 3.05) is 23.3 Å². The lowest BCUT2D eigenvalue weighted by Crippen LogP contribution is -2.39. The van der Waals surface area contributed by atoms with E-state index in [4.69, 9.17) is 26.7 Å². The first-order valence-corrected chi connectivity index (χ1v) is 12.2. The molecule has 35 heavy (non-hydrogen) atoms. The largest absolute Gasteiger partial charge is 0.481 e. The zero-order valence-electron chi connectivity index (χ0n) is 19.0. The van der Waals surface area contributed by atoms with Crippen molar-refractivity contribution in [1.82, 2.24) is 9.97 Å². The average molecular weight is 557 g/mol. The van der Waals surface area contributed by atoms with Crippen molar-refractivity contribution in [3.8, 4) is 17.7 Å². The minimum Gasteiger partial charge on any atom is -0.481 e. The normalized spacial score (nSPS) is 13.8. The number of benzene rings is 2. The number of hydrogen-bond acceptors (Lipinski definition) is 7. The number of carbonyl (C=O) groups is 1. The van der Waals surface area contributed by atoms with Crippen molar-refractivity contribution >= 4 is 45.1 Å². The second-order valence-electron chi connectivity index (χ2n) is 8.31. The Balaban J connectivity index is 1.40. The van der Waals surface area contributed by atoms with Crippen molar-refractivity contribution in [2.24, 2.45) is 0 Å². The summed E-state index contributed by atoms with van der Waals surface area (Å²) in [6.45, 7) is 3.48. The van der Waals surface area contributed by atoms with Gasteiger partial charge in [0.2, 0.25) is 11.8 Å². The summed E-state index contributed by atoms with van der Waals surface area (Å²) in [5.74, 6) is 0.381. The highest BCUT2D eigenvalue weighted by Crippen LogP contribution is 2.36. The number of aromatic nitrogens is 2. The first kappa shape index (κ1) is 24.8. The van der Waals surface area contributed by atoms with Gasteiger partial charge in [0, 0.05) is 24.8 Å². The Bertz CT molecular complexity index is 1270. The fraction of sp³-hybridized carbons (Fsp3) is 0.280. The van der Waals surface area contributed by atoms with Gasteiger partial charge in [-0.3, -0.25) is 4.79 Å². The molecule has 0 atom stereocenters. The van der Waals surface area contributed by atoms with Crippen molar-refractivity contribution in [3.63, 3.8) is 0 Å². The molecule has 2 N–H and O–H groups in total. The third-order valence-corrected chi connectivity index (χ3v) is 6.55. The number of carboxylic acids is 1. The van der Waals surface area contributed by atoms with Crippen LogP contribution in [0.15, 0.2) is 47.1 Å². The minimum absolute atomic E-state index is 0.0182. The van der Waals surface area contributed by atoms with Gasteiger partial charge in [-0.1, -0.05) is 23.7 Å². The number of anilines is 2. The fourth-order valence-electron chi connectivity index (χ4n) is 4.02. The Kier molecular flexibility index (Phi) is 7.73. The summed E-state index contributed by atoms with van der Waals surface area (Å²) < 4.78 is 6.57. The van der Waals surface area contributed by atoms with Crippen LogP contribution in [-0.4, -0.2) is 40.2 Å². The van der Waals surface area contributed by atoms with E-state index in [-0.39, 0.29) is 12.5 Å². The highest BCUT2D eigenvalue weighted by molar-refractivity contribution is 9.10. The lowest BCUT2D eigenvalue weighted by molar-refractivity contribution is -0.136. The third-order valence-electron chi connectivity index (χ3n) is 5.73. The van der Waals surface area contributed by atoms with Crippen molar-refractivity contribution in [3.05, 3.63) is 68.8 Å². The van der Waals surface area contributed by atoms with Crippen LogP contribution >= 0.6 is 27.5 Å². The third kappa shape index (κ3) is 6.21. The Morgan fingerprint density at radius 1 is 1.34 bits per heavy atom. The van der Waals surface area contributed by atoms with E-state index in [1.807, 2.05) is 31.2 Å². The summed E-state index contributed by atoms with van der Waals surface area (Å²) in [6, 6.07) is 13.2. The van der Waals surface area contributed by atoms with Gasteiger partial charge in [-0.2, -0.15) is 10.2 Å². The Morgan fingerprint density at radius 2 is 2.11 bits per heavy atom. The molecule has 1 aliphatic heterocycles. The van der Waals surface area contributed by atoms with Crippen LogP contribution in [0.4, 0.5) is 11.6 Å². The quantitative estimate of drug-likeness (QED) is 0.388. The molecule has 0 aliphatic carbocycles. The van der Waals surface area contributed by atoms with Crippen LogP contribution in [0.25, 0.3) is 0 Å². The van der Waals surface area contributed by atoms with Gasteiger partial charge in [-0.25, -0.2) is 4.98 Å². The molecule has 0 radical (unpaired) electrons. The average Bonchev–Trinajstić information content (AvgIpc) is 2.83. The zero-order valence-corrected chi connectivity index (χ0v) is 21.3. The SMILES string of the molecule is Cc1cc(C#N)cc(Cl)c1Oc1nc(NC2CCN(c3cccc(CC(=O)O)c3)CC2)ncc1Br. The van der Waals surface area contributed by atoms with Crippen molar-refractivity contribution in [2.45, 2.75) is 32.2 Å². The molecule has 1 fully saturated rings. The molecule has 3 aromatic rings. The van der Waals surface area contributed by atoms with Gasteiger partial charge >= 0.3 is 5.97 Å². The van der Waals surface area contributed by atoms with E-state index in [0.717, 1.165) is 42.7 Å². The molecule has 2 aromatic carbocycles. The maximum Gasteiger partial charge on any atom is 0.307 e. The molecule has 10 heteroatoms. The Hall–Kier alpha value is -3.35. The van der Waals surface area contributed by atoms with Crippen LogP contribution in [0.1, 0.15) is 29.5 Å². The maximum absolute atomic E-state index is 11.0. The van der Waals surface area contributed by atoms with Gasteiger partial charge < -0.3 is 20.1 Å². The van der Waals surface area contributed by atoms with E-state index in [1.165, 1.54) is 0 Å². The lowest BCUT2D eigenvalue weighted by atomic mass is 10.0. The monoisotopic (exact) mass is 555 g/mol. The first-order valence-electron chi connectivity index (χ1n) is 11.0. The Morgan fingerprint density at radius 3 is 2.80 bits per heavy atom. The summed E-state index contributed by atoms with van der Waals surface area (Å²) in [5.41, 5.74) is 3.02. The summed E-state index contributed by atoms with van der Waals surface area (Å²) >= 11 is 9.75. The molecule has 180 valence electrons. The van der Waals surface area contributed by atoms with Crippen LogP contribution in [0.3, 0.4) is 0 Å². The number of aryl methyl sites for hydroxylation is 1. The van der Waals surface area contributed by atoms with E-state index in [9.17, 15) is 4.79 Å². The summed E-state index contributed by atoms with van der Waals surface area (Å²) in [6.07, 6.45) is 3.39. The number of piperidine rings is 1. The molecule has 0 bridgehead atoms. The molecule has 1 saturated heterocycles. The number of nitriles is 1. The summed E-state index contributed by atoms with van der Waals surface area (Å²) in [4.78, 5) is 22.2. The molecule has 8 nitrogen and oxygen atoms in total. The van der Waals surface area contributed by atoms with Gasteiger partial charge in [0.25, 0.3) is 0 Å². The van der Waals surface area contributed by atoms with E-state index in [2.05, 4.69) is 42.2 Å². The molecule has 0 unspecified atom stereocenters. The number of nitrogens with zero attached hydrogens (tertiary/aromatic N) is 4. The van der Waals surface area contributed by atoms with Crippen molar-refractivity contribution < 1.29 is 14.6 Å². The topological polar surface area (TPSA) is 111 Å². The van der Waals surface area contributed by atoms with Crippen LogP contribution in [0.2, 0.25) is 5.02 Å². The molecule has 0 amide bonds. The number of hydrogen-bond donors (Lipinski definition) is 2. The Labute approximate surface area is 216 Å². The number of carboxylic acid groups (broad SMARTS) is 1. The molecule has 1 aromatic heterocycles.